The second-order valence-corrected chi connectivity index (χ2v) is 13.9. The molecule has 0 radical (unpaired) electrons. The van der Waals surface area contributed by atoms with Gasteiger partial charge in [-0.3, -0.25) is 14.4 Å². The van der Waals surface area contributed by atoms with Crippen LogP contribution in [0.25, 0.3) is 0 Å². The molecule has 47 heavy (non-hydrogen) atoms. The Morgan fingerprint density at radius 2 is 1.77 bits per heavy atom. The lowest BCUT2D eigenvalue weighted by Crippen LogP contribution is -2.56. The number of benzene rings is 1. The number of methoxy groups -OCH3 is 2. The molecule has 8 atom stereocenters. The van der Waals surface area contributed by atoms with Crippen LogP contribution in [0.2, 0.25) is 0 Å². The zero-order chi connectivity index (χ0) is 35.4. The molecular formula is C35H57IN6O5. The van der Waals surface area contributed by atoms with Crippen molar-refractivity contribution in [3.63, 3.8) is 0 Å². The van der Waals surface area contributed by atoms with Gasteiger partial charge >= 0.3 is 0 Å². The number of likely N-dealkylation sites (N-methyl/N-ethyl adjacent to an activating group) is 2. The molecule has 0 bridgehead atoms. The smallest absolute Gasteiger partial charge is 0.240 e. The van der Waals surface area contributed by atoms with Gasteiger partial charge in [0.15, 0.2) is 0 Å². The Labute approximate surface area is 296 Å². The molecule has 11 nitrogen and oxygen atoms in total. The molecule has 1 unspecified atom stereocenters. The van der Waals surface area contributed by atoms with Crippen LogP contribution < -0.4 is 9.26 Å². The summed E-state index contributed by atoms with van der Waals surface area (Å²) in [7, 11) is 6.70. The summed E-state index contributed by atoms with van der Waals surface area (Å²) in [6.45, 7) is 10.6. The minimum atomic E-state index is -0.568. The van der Waals surface area contributed by atoms with Crippen LogP contribution in [0.3, 0.4) is 0 Å². The van der Waals surface area contributed by atoms with Gasteiger partial charge in [-0.1, -0.05) is 59.2 Å². The number of para-hydroxylation sites is 1. The molecule has 1 fully saturated rings. The standard InChI is InChI=1S/C35H57IN6O5/c1-10-23(4)32(41(7)35(45)31(39-36)22(2)3)29(46-8)21-30(43)42-19-13-16-28(42)33(47-9)24(5)34(44)40(6)26(17-18-37)20-25-14-11-12-15-27(25)38/h11-12,14-15,22-24,26,28-29,31-33,39H,10,13,16-17,19-21,38H2,1-9H3/t23-,24+,26+,28-,29+,31-,32?,33+/m0/s1. The van der Waals surface area contributed by atoms with Gasteiger partial charge in [0.1, 0.15) is 0 Å². The first-order valence-corrected chi connectivity index (χ1v) is 17.8. The summed E-state index contributed by atoms with van der Waals surface area (Å²) >= 11 is 2.03. The Hall–Kier alpha value is -2.47. The average Bonchev–Trinajstić information content (AvgIpc) is 3.54. The summed E-state index contributed by atoms with van der Waals surface area (Å²) in [6.07, 6.45) is 1.97. The van der Waals surface area contributed by atoms with E-state index >= 15 is 0 Å². The zero-order valence-corrected chi connectivity index (χ0v) is 31.9. The minimum Gasteiger partial charge on any atom is -0.399 e. The van der Waals surface area contributed by atoms with E-state index in [0.717, 1.165) is 18.4 Å². The molecule has 3 N–H and O–H groups in total. The number of carbonyl (C=O) groups excluding carboxylic acids is 3. The average molecular weight is 769 g/mol. The highest BCUT2D eigenvalue weighted by molar-refractivity contribution is 14.1. The Morgan fingerprint density at radius 3 is 2.30 bits per heavy atom. The Balaban J connectivity index is 2.26. The van der Waals surface area contributed by atoms with E-state index in [2.05, 4.69) is 23.4 Å². The fraction of sp³-hybridized carbons (Fsp3) is 0.714. The lowest BCUT2D eigenvalue weighted by molar-refractivity contribution is -0.149. The van der Waals surface area contributed by atoms with Gasteiger partial charge in [-0.15, -0.1) is 0 Å². The first kappa shape index (κ1) is 40.7. The summed E-state index contributed by atoms with van der Waals surface area (Å²) in [5.74, 6) is -0.659. The third-order valence-corrected chi connectivity index (χ3v) is 10.7. The number of rotatable bonds is 18. The highest BCUT2D eigenvalue weighted by atomic mass is 127. The quantitative estimate of drug-likeness (QED) is 0.127. The lowest BCUT2D eigenvalue weighted by atomic mass is 9.89. The number of nitrogens with zero attached hydrogens (tertiary/aromatic N) is 4. The molecule has 0 aromatic heterocycles. The fourth-order valence-corrected chi connectivity index (χ4v) is 7.89. The Kier molecular flexibility index (Phi) is 16.9. The predicted octanol–water partition coefficient (Wildman–Crippen LogP) is 4.44. The number of nitrogen functional groups attached to an aromatic ring is 1. The van der Waals surface area contributed by atoms with E-state index in [1.807, 2.05) is 72.8 Å². The number of amides is 3. The van der Waals surface area contributed by atoms with E-state index in [-0.39, 0.29) is 66.6 Å². The highest BCUT2D eigenvalue weighted by Gasteiger charge is 2.43. The molecule has 1 aromatic carbocycles. The molecule has 1 heterocycles. The number of halogens is 1. The number of likely N-dealkylation sites (tertiary alicyclic amines) is 1. The van der Waals surface area contributed by atoms with E-state index < -0.39 is 18.1 Å². The maximum atomic E-state index is 14.0. The molecule has 0 spiro atoms. The van der Waals surface area contributed by atoms with Crippen LogP contribution in [-0.2, 0) is 30.3 Å². The van der Waals surface area contributed by atoms with Crippen molar-refractivity contribution in [1.29, 1.82) is 5.26 Å². The first-order chi connectivity index (χ1) is 22.3. The van der Waals surface area contributed by atoms with Crippen LogP contribution in [0.1, 0.15) is 72.3 Å². The SMILES string of the molecule is CC[C@H](C)C([C@@H](CC(=O)N1CCC[C@H]1[C@H](OC)[C@@H](C)C(=O)N(C)[C@H](CC#N)Cc1ccccc1N)OC)N(C)C(=O)[C@@H](NI)C(C)C. The number of nitriles is 1. The number of nitrogens with one attached hydrogen (secondary N) is 1. The molecule has 1 aliphatic heterocycles. The zero-order valence-electron chi connectivity index (χ0n) is 29.7. The van der Waals surface area contributed by atoms with Crippen molar-refractivity contribution < 1.29 is 23.9 Å². The van der Waals surface area contributed by atoms with Crippen LogP contribution in [-0.4, -0.2) is 104 Å². The summed E-state index contributed by atoms with van der Waals surface area (Å²) in [5.41, 5.74) is 7.68. The molecule has 1 aliphatic rings. The maximum Gasteiger partial charge on any atom is 0.240 e. The van der Waals surface area contributed by atoms with Crippen LogP contribution in [0.5, 0.6) is 0 Å². The van der Waals surface area contributed by atoms with Gasteiger partial charge in [0.05, 0.1) is 55.2 Å². The van der Waals surface area contributed by atoms with E-state index in [9.17, 15) is 19.6 Å². The predicted molar refractivity (Wildman–Crippen MR) is 193 cm³/mol. The van der Waals surface area contributed by atoms with E-state index in [4.69, 9.17) is 15.2 Å². The van der Waals surface area contributed by atoms with Gasteiger partial charge in [-0.2, -0.15) is 5.26 Å². The molecule has 1 aromatic rings. The van der Waals surface area contributed by atoms with Gasteiger partial charge in [0, 0.05) is 69.5 Å². The molecule has 3 amide bonds. The Bertz CT molecular complexity index is 1210. The van der Waals surface area contributed by atoms with Crippen molar-refractivity contribution in [3.8, 4) is 6.07 Å². The molecular weight excluding hydrogens is 711 g/mol. The van der Waals surface area contributed by atoms with Crippen LogP contribution in [0, 0.1) is 29.1 Å². The summed E-state index contributed by atoms with van der Waals surface area (Å²) < 4.78 is 15.1. The number of hydrogen-bond acceptors (Lipinski definition) is 8. The Morgan fingerprint density at radius 1 is 1.11 bits per heavy atom. The highest BCUT2D eigenvalue weighted by Crippen LogP contribution is 2.30. The molecule has 264 valence electrons. The lowest BCUT2D eigenvalue weighted by Gasteiger charge is -2.40. The molecule has 12 heteroatoms. The third-order valence-electron chi connectivity index (χ3n) is 10.0. The minimum absolute atomic E-state index is 0.0335. The summed E-state index contributed by atoms with van der Waals surface area (Å²) in [6, 6.07) is 8.36. The van der Waals surface area contributed by atoms with Gasteiger partial charge in [0.25, 0.3) is 0 Å². The monoisotopic (exact) mass is 768 g/mol. The second kappa shape index (κ2) is 19.5. The van der Waals surface area contributed by atoms with Crippen molar-refractivity contribution in [2.45, 2.75) is 110 Å². The largest absolute Gasteiger partial charge is 0.399 e. The van der Waals surface area contributed by atoms with E-state index in [1.54, 1.807) is 38.1 Å². The summed E-state index contributed by atoms with van der Waals surface area (Å²) in [5, 5.41) is 9.56. The van der Waals surface area contributed by atoms with Crippen molar-refractivity contribution in [2.24, 2.45) is 17.8 Å². The normalized spacial score (nSPS) is 19.3. The van der Waals surface area contributed by atoms with Gasteiger partial charge in [-0.05, 0) is 42.7 Å². The third kappa shape index (κ3) is 10.3. The van der Waals surface area contributed by atoms with Crippen molar-refractivity contribution in [1.82, 2.24) is 18.2 Å². The second-order valence-electron chi connectivity index (χ2n) is 13.3. The fourth-order valence-electron chi connectivity index (χ4n) is 6.90. The van der Waals surface area contributed by atoms with Crippen LogP contribution >= 0.6 is 22.9 Å². The van der Waals surface area contributed by atoms with Gasteiger partial charge < -0.3 is 29.9 Å². The van der Waals surface area contributed by atoms with Crippen molar-refractivity contribution in [2.75, 3.05) is 40.6 Å². The van der Waals surface area contributed by atoms with Gasteiger partial charge in [-0.25, -0.2) is 3.53 Å². The number of nitrogens with two attached hydrogens (primary N) is 1. The van der Waals surface area contributed by atoms with E-state index in [0.29, 0.717) is 25.1 Å². The topological polar surface area (TPSA) is 141 Å². The number of anilines is 1. The van der Waals surface area contributed by atoms with Crippen LogP contribution in [0.15, 0.2) is 24.3 Å². The number of ether oxygens (including phenoxy) is 2. The van der Waals surface area contributed by atoms with Crippen molar-refractivity contribution >= 4 is 46.3 Å². The molecule has 2 rings (SSSR count). The summed E-state index contributed by atoms with van der Waals surface area (Å²) in [4.78, 5) is 46.7. The van der Waals surface area contributed by atoms with Crippen molar-refractivity contribution in [3.05, 3.63) is 29.8 Å². The molecule has 0 saturated carbocycles. The molecule has 0 aliphatic carbocycles. The van der Waals surface area contributed by atoms with Gasteiger partial charge in [0.2, 0.25) is 17.7 Å². The molecule has 1 saturated heterocycles. The van der Waals surface area contributed by atoms with Crippen LogP contribution in [0.4, 0.5) is 5.69 Å². The number of carbonyl (C=O) groups is 3. The first-order valence-electron chi connectivity index (χ1n) is 16.7. The van der Waals surface area contributed by atoms with E-state index in [1.165, 1.54) is 0 Å². The number of hydrogen-bond donors (Lipinski definition) is 2. The maximum absolute atomic E-state index is 14.0.